The minimum Gasteiger partial charge on any atom is -0.406 e. The molecule has 5 nitrogen and oxygen atoms in total. The number of H-pyrrole nitrogens is 1. The van der Waals surface area contributed by atoms with Gasteiger partial charge in [-0.1, -0.05) is 26.0 Å². The van der Waals surface area contributed by atoms with Gasteiger partial charge < -0.3 is 15.0 Å². The van der Waals surface area contributed by atoms with Crippen LogP contribution in [0.3, 0.4) is 0 Å². The Bertz CT molecular complexity index is 1390. The molecule has 0 radical (unpaired) electrons. The zero-order chi connectivity index (χ0) is 28.0. The summed E-state index contributed by atoms with van der Waals surface area (Å²) in [7, 11) is 0. The van der Waals surface area contributed by atoms with Crippen molar-refractivity contribution in [3.8, 4) is 16.9 Å². The first-order valence-electron chi connectivity index (χ1n) is 13.1. The van der Waals surface area contributed by atoms with Gasteiger partial charge in [-0.25, -0.2) is 4.39 Å². The molecule has 206 valence electrons. The summed E-state index contributed by atoms with van der Waals surface area (Å²) in [6.45, 7) is 4.53. The number of benzene rings is 2. The molecule has 5 rings (SSSR count). The quantitative estimate of drug-likeness (QED) is 0.243. The van der Waals surface area contributed by atoms with E-state index in [0.29, 0.717) is 35.1 Å². The van der Waals surface area contributed by atoms with Crippen molar-refractivity contribution in [3.05, 3.63) is 84.1 Å². The standard InChI is InChI=1S/C28H25F4N3O2.C2H6/c29-20-7-10-26-23(13-20)22(11-12-34-26)18-3-1-17(2-4-18)14-35-27(36)25-16-33-15-24(25)19-5-8-21(9-6-19)37-28(30,31)32;1-2/h5-13,15-18,33H,1-4,14H2,(H,35,36);1-2H3. The zero-order valence-corrected chi connectivity index (χ0v) is 21.8. The first-order chi connectivity index (χ1) is 18.8. The number of amides is 1. The summed E-state index contributed by atoms with van der Waals surface area (Å²) in [6.07, 6.45) is 3.99. The maximum Gasteiger partial charge on any atom is 0.573 e. The van der Waals surface area contributed by atoms with Crippen LogP contribution in [0.25, 0.3) is 22.0 Å². The molecule has 0 bridgehead atoms. The van der Waals surface area contributed by atoms with E-state index in [4.69, 9.17) is 0 Å². The largest absolute Gasteiger partial charge is 0.573 e. The van der Waals surface area contributed by atoms with Crippen molar-refractivity contribution >= 4 is 16.8 Å². The predicted octanol–water partition coefficient (Wildman–Crippen LogP) is 8.00. The lowest BCUT2D eigenvalue weighted by Crippen LogP contribution is -2.31. The van der Waals surface area contributed by atoms with E-state index in [1.54, 1.807) is 30.7 Å². The number of halogens is 4. The molecule has 1 aliphatic carbocycles. The molecular formula is C30H31F4N3O2. The Kier molecular flexibility index (Phi) is 8.89. The molecule has 2 aromatic heterocycles. The number of pyridine rings is 1. The first-order valence-corrected chi connectivity index (χ1v) is 13.1. The Hall–Kier alpha value is -3.88. The normalized spacial score (nSPS) is 17.3. The summed E-state index contributed by atoms with van der Waals surface area (Å²) in [5.74, 6) is -0.193. The van der Waals surface area contributed by atoms with E-state index in [1.165, 1.54) is 30.3 Å². The number of fused-ring (bicyclic) bond motifs is 1. The molecule has 2 N–H and O–H groups in total. The van der Waals surface area contributed by atoms with E-state index in [1.807, 2.05) is 19.9 Å². The summed E-state index contributed by atoms with van der Waals surface area (Å²) in [5, 5.41) is 3.87. The average Bonchev–Trinajstić information content (AvgIpc) is 3.43. The highest BCUT2D eigenvalue weighted by molar-refractivity contribution is 6.00. The lowest BCUT2D eigenvalue weighted by molar-refractivity contribution is -0.274. The van der Waals surface area contributed by atoms with Crippen LogP contribution in [0, 0.1) is 11.7 Å². The Balaban J connectivity index is 0.00000172. The summed E-state index contributed by atoms with van der Waals surface area (Å²) in [6, 6.07) is 12.1. The Morgan fingerprint density at radius 1 is 1.03 bits per heavy atom. The van der Waals surface area contributed by atoms with Gasteiger partial charge in [0, 0.05) is 36.1 Å². The fraction of sp³-hybridized carbons (Fsp3) is 0.333. The van der Waals surface area contributed by atoms with Gasteiger partial charge in [0.15, 0.2) is 0 Å². The minimum atomic E-state index is -4.76. The Morgan fingerprint density at radius 3 is 2.44 bits per heavy atom. The molecule has 2 aromatic carbocycles. The molecule has 0 spiro atoms. The fourth-order valence-electron chi connectivity index (χ4n) is 5.13. The number of ether oxygens (including phenoxy) is 1. The molecule has 1 aliphatic rings. The molecule has 4 aromatic rings. The molecule has 0 unspecified atom stereocenters. The third-order valence-corrected chi connectivity index (χ3v) is 6.96. The zero-order valence-electron chi connectivity index (χ0n) is 21.8. The van der Waals surface area contributed by atoms with Crippen LogP contribution in [-0.2, 0) is 0 Å². The van der Waals surface area contributed by atoms with Crippen molar-refractivity contribution < 1.29 is 27.1 Å². The SMILES string of the molecule is CC.O=C(NCC1CCC(c2ccnc3ccc(F)cc23)CC1)c1c[nH]cc1-c1ccc(OC(F)(F)F)cc1. The number of alkyl halides is 3. The number of nitrogens with one attached hydrogen (secondary N) is 2. The molecule has 1 saturated carbocycles. The lowest BCUT2D eigenvalue weighted by atomic mass is 9.78. The summed E-state index contributed by atoms with van der Waals surface area (Å²) in [5.41, 5.74) is 3.52. The second kappa shape index (κ2) is 12.3. The molecule has 0 atom stereocenters. The third kappa shape index (κ3) is 6.96. The molecule has 9 heteroatoms. The monoisotopic (exact) mass is 541 g/mol. The Morgan fingerprint density at radius 2 is 1.74 bits per heavy atom. The number of aromatic amines is 1. The highest BCUT2D eigenvalue weighted by atomic mass is 19.4. The maximum atomic E-state index is 13.8. The van der Waals surface area contributed by atoms with E-state index in [9.17, 15) is 22.4 Å². The van der Waals surface area contributed by atoms with E-state index in [2.05, 4.69) is 20.0 Å². The number of rotatable bonds is 6. The molecule has 1 fully saturated rings. The summed E-state index contributed by atoms with van der Waals surface area (Å²) >= 11 is 0. The molecule has 39 heavy (non-hydrogen) atoms. The first kappa shape index (κ1) is 28.1. The highest BCUT2D eigenvalue weighted by Crippen LogP contribution is 2.38. The number of aromatic nitrogens is 2. The van der Waals surface area contributed by atoms with Crippen LogP contribution in [0.15, 0.2) is 67.1 Å². The van der Waals surface area contributed by atoms with Crippen LogP contribution in [0.1, 0.15) is 61.4 Å². The minimum absolute atomic E-state index is 0.246. The van der Waals surface area contributed by atoms with Crippen LogP contribution in [0.2, 0.25) is 0 Å². The van der Waals surface area contributed by atoms with Crippen LogP contribution in [0.5, 0.6) is 5.75 Å². The van der Waals surface area contributed by atoms with Gasteiger partial charge in [0.1, 0.15) is 11.6 Å². The van der Waals surface area contributed by atoms with E-state index < -0.39 is 6.36 Å². The third-order valence-electron chi connectivity index (χ3n) is 6.96. The number of carbonyl (C=O) groups is 1. The highest BCUT2D eigenvalue weighted by Gasteiger charge is 2.31. The van der Waals surface area contributed by atoms with E-state index in [0.717, 1.165) is 42.1 Å². The van der Waals surface area contributed by atoms with Crippen LogP contribution in [-0.4, -0.2) is 28.8 Å². The topological polar surface area (TPSA) is 67.0 Å². The van der Waals surface area contributed by atoms with Crippen molar-refractivity contribution in [2.45, 2.75) is 51.8 Å². The number of carbonyl (C=O) groups excluding carboxylic acids is 1. The predicted molar refractivity (Wildman–Crippen MR) is 143 cm³/mol. The second-order valence-electron chi connectivity index (χ2n) is 9.34. The van der Waals surface area contributed by atoms with Crippen molar-refractivity contribution in [1.29, 1.82) is 0 Å². The van der Waals surface area contributed by atoms with Crippen LogP contribution < -0.4 is 10.1 Å². The second-order valence-corrected chi connectivity index (χ2v) is 9.34. The molecular weight excluding hydrogens is 510 g/mol. The summed E-state index contributed by atoms with van der Waals surface area (Å²) in [4.78, 5) is 20.2. The number of hydrogen-bond donors (Lipinski definition) is 2. The average molecular weight is 542 g/mol. The van der Waals surface area contributed by atoms with E-state index in [-0.39, 0.29) is 17.5 Å². The number of nitrogens with zero attached hydrogens (tertiary/aromatic N) is 1. The van der Waals surface area contributed by atoms with Gasteiger partial charge in [-0.05, 0) is 85.0 Å². The smallest absolute Gasteiger partial charge is 0.406 e. The van der Waals surface area contributed by atoms with Gasteiger partial charge in [-0.15, -0.1) is 13.2 Å². The van der Waals surface area contributed by atoms with Crippen molar-refractivity contribution in [1.82, 2.24) is 15.3 Å². The molecule has 0 saturated heterocycles. The summed E-state index contributed by atoms with van der Waals surface area (Å²) < 4.78 is 55.0. The molecule has 1 amide bonds. The molecule has 0 aliphatic heterocycles. The van der Waals surface area contributed by atoms with Crippen molar-refractivity contribution in [3.63, 3.8) is 0 Å². The fourth-order valence-corrected chi connectivity index (χ4v) is 5.13. The van der Waals surface area contributed by atoms with Gasteiger partial charge in [0.25, 0.3) is 5.91 Å². The lowest BCUT2D eigenvalue weighted by Gasteiger charge is -2.29. The Labute approximate surface area is 224 Å². The number of hydrogen-bond acceptors (Lipinski definition) is 3. The van der Waals surface area contributed by atoms with Crippen LogP contribution in [0.4, 0.5) is 17.6 Å². The van der Waals surface area contributed by atoms with Gasteiger partial charge in [0.2, 0.25) is 0 Å². The van der Waals surface area contributed by atoms with Gasteiger partial charge in [0.05, 0.1) is 11.1 Å². The van der Waals surface area contributed by atoms with Crippen LogP contribution >= 0.6 is 0 Å². The van der Waals surface area contributed by atoms with Gasteiger partial charge in [-0.3, -0.25) is 9.78 Å². The maximum absolute atomic E-state index is 13.8. The van der Waals surface area contributed by atoms with Gasteiger partial charge >= 0.3 is 6.36 Å². The van der Waals surface area contributed by atoms with Gasteiger partial charge in [-0.2, -0.15) is 0 Å². The van der Waals surface area contributed by atoms with Crippen molar-refractivity contribution in [2.24, 2.45) is 5.92 Å². The van der Waals surface area contributed by atoms with Crippen molar-refractivity contribution in [2.75, 3.05) is 6.54 Å². The van der Waals surface area contributed by atoms with E-state index >= 15 is 0 Å². The molecule has 2 heterocycles.